The van der Waals surface area contributed by atoms with Gasteiger partial charge in [0.2, 0.25) is 11.8 Å². The second kappa shape index (κ2) is 4.68. The first-order chi connectivity index (χ1) is 8.76. The van der Waals surface area contributed by atoms with Crippen LogP contribution in [0.4, 0.5) is 5.82 Å². The second-order valence-electron chi connectivity index (χ2n) is 6.00. The zero-order chi connectivity index (χ0) is 14.2. The van der Waals surface area contributed by atoms with E-state index in [4.69, 9.17) is 4.52 Å². The van der Waals surface area contributed by atoms with E-state index in [2.05, 4.69) is 15.8 Å². The van der Waals surface area contributed by atoms with Gasteiger partial charge in [-0.25, -0.2) is 0 Å². The van der Waals surface area contributed by atoms with Crippen molar-refractivity contribution in [2.24, 2.45) is 11.8 Å². The average Bonchev–Trinajstić information content (AvgIpc) is 2.96. The van der Waals surface area contributed by atoms with E-state index in [9.17, 15) is 9.59 Å². The summed E-state index contributed by atoms with van der Waals surface area (Å²) in [5.74, 6) is 0.287. The first-order valence-corrected chi connectivity index (χ1v) is 6.32. The minimum absolute atomic E-state index is 0.0658. The number of carbonyl (C=O) groups excluding carboxylic acids is 2. The summed E-state index contributed by atoms with van der Waals surface area (Å²) in [6.45, 7) is 7.50. The summed E-state index contributed by atoms with van der Waals surface area (Å²) >= 11 is 0. The van der Waals surface area contributed by atoms with Gasteiger partial charge in [-0.2, -0.15) is 0 Å². The first kappa shape index (κ1) is 13.6. The van der Waals surface area contributed by atoms with Crippen molar-refractivity contribution in [2.45, 2.75) is 39.7 Å². The normalized spacial score (nSPS) is 21.9. The van der Waals surface area contributed by atoms with Gasteiger partial charge < -0.3 is 15.2 Å². The molecule has 1 saturated carbocycles. The van der Waals surface area contributed by atoms with Crippen molar-refractivity contribution < 1.29 is 14.1 Å². The molecule has 6 heteroatoms. The van der Waals surface area contributed by atoms with Crippen LogP contribution in [0.2, 0.25) is 0 Å². The molecule has 1 fully saturated rings. The number of nitrogens with zero attached hydrogens (tertiary/aromatic N) is 1. The third-order valence-electron chi connectivity index (χ3n) is 2.84. The summed E-state index contributed by atoms with van der Waals surface area (Å²) in [7, 11) is 0. The molecule has 1 aliphatic carbocycles. The van der Waals surface area contributed by atoms with Crippen LogP contribution in [0.1, 0.15) is 33.0 Å². The molecule has 0 aromatic carbocycles. The predicted octanol–water partition coefficient (Wildman–Crippen LogP) is 1.47. The number of rotatable bonds is 3. The molecule has 1 aliphatic rings. The molecule has 2 unspecified atom stereocenters. The Bertz CT molecular complexity index is 501. The van der Waals surface area contributed by atoms with E-state index in [1.54, 1.807) is 13.0 Å². The summed E-state index contributed by atoms with van der Waals surface area (Å²) in [6.07, 6.45) is 0.588. The Labute approximate surface area is 111 Å². The summed E-state index contributed by atoms with van der Waals surface area (Å²) in [5, 5.41) is 9.22. The number of aromatic nitrogens is 1. The summed E-state index contributed by atoms with van der Waals surface area (Å²) < 4.78 is 4.86. The number of hydrogen-bond donors (Lipinski definition) is 2. The fourth-order valence-electron chi connectivity index (χ4n) is 1.88. The topological polar surface area (TPSA) is 84.2 Å². The van der Waals surface area contributed by atoms with Crippen molar-refractivity contribution in [1.82, 2.24) is 10.5 Å². The molecule has 2 rings (SSSR count). The zero-order valence-corrected chi connectivity index (χ0v) is 11.6. The molecule has 2 N–H and O–H groups in total. The maximum atomic E-state index is 11.9. The standard InChI is InChI=1S/C13H19N3O3/c1-7-5-10(16-19-7)14-11(17)8-6-9(8)12(18)15-13(2,3)4/h5,8-9H,6H2,1-4H3,(H,15,18)(H,14,16,17). The number of aryl methyl sites for hydroxylation is 1. The predicted molar refractivity (Wildman–Crippen MR) is 69.4 cm³/mol. The summed E-state index contributed by atoms with van der Waals surface area (Å²) in [6, 6.07) is 1.64. The second-order valence-corrected chi connectivity index (χ2v) is 6.00. The van der Waals surface area contributed by atoms with Crippen LogP contribution in [0.15, 0.2) is 10.6 Å². The van der Waals surface area contributed by atoms with Crippen LogP contribution in [0.3, 0.4) is 0 Å². The molecule has 1 aromatic rings. The van der Waals surface area contributed by atoms with E-state index in [0.717, 1.165) is 0 Å². The molecule has 104 valence electrons. The fraction of sp³-hybridized carbons (Fsp3) is 0.615. The number of hydrogen-bond acceptors (Lipinski definition) is 4. The molecule has 1 heterocycles. The van der Waals surface area contributed by atoms with Gasteiger partial charge in [0.1, 0.15) is 5.76 Å². The van der Waals surface area contributed by atoms with Crippen molar-refractivity contribution >= 4 is 17.6 Å². The van der Waals surface area contributed by atoms with Gasteiger partial charge in [0.25, 0.3) is 0 Å². The van der Waals surface area contributed by atoms with Crippen molar-refractivity contribution in [2.75, 3.05) is 5.32 Å². The van der Waals surface area contributed by atoms with Crippen molar-refractivity contribution in [3.05, 3.63) is 11.8 Å². The molecule has 19 heavy (non-hydrogen) atoms. The van der Waals surface area contributed by atoms with Crippen molar-refractivity contribution in [1.29, 1.82) is 0 Å². The first-order valence-electron chi connectivity index (χ1n) is 6.32. The third kappa shape index (κ3) is 3.56. The van der Waals surface area contributed by atoms with Gasteiger partial charge in [0.05, 0.1) is 11.8 Å². The molecule has 0 saturated heterocycles. The van der Waals surface area contributed by atoms with E-state index in [0.29, 0.717) is 18.0 Å². The molecular formula is C13H19N3O3. The van der Waals surface area contributed by atoms with Crippen LogP contribution < -0.4 is 10.6 Å². The summed E-state index contributed by atoms with van der Waals surface area (Å²) in [5.41, 5.74) is -0.274. The van der Waals surface area contributed by atoms with Crippen LogP contribution in [0.5, 0.6) is 0 Å². The van der Waals surface area contributed by atoms with E-state index in [-0.39, 0.29) is 29.2 Å². The molecule has 6 nitrogen and oxygen atoms in total. The van der Waals surface area contributed by atoms with Crippen LogP contribution in [0.25, 0.3) is 0 Å². The highest BCUT2D eigenvalue weighted by atomic mass is 16.5. The number of nitrogens with one attached hydrogen (secondary N) is 2. The largest absolute Gasteiger partial charge is 0.360 e. The van der Waals surface area contributed by atoms with Gasteiger partial charge in [-0.1, -0.05) is 5.16 Å². The lowest BCUT2D eigenvalue weighted by molar-refractivity contribution is -0.126. The highest BCUT2D eigenvalue weighted by molar-refractivity contribution is 5.99. The van der Waals surface area contributed by atoms with Crippen LogP contribution >= 0.6 is 0 Å². The van der Waals surface area contributed by atoms with Gasteiger partial charge in [-0.15, -0.1) is 0 Å². The van der Waals surface area contributed by atoms with Gasteiger partial charge in [0.15, 0.2) is 5.82 Å². The summed E-state index contributed by atoms with van der Waals surface area (Å²) in [4.78, 5) is 23.8. The zero-order valence-electron chi connectivity index (χ0n) is 11.6. The molecule has 1 aromatic heterocycles. The van der Waals surface area contributed by atoms with Crippen LogP contribution in [-0.4, -0.2) is 22.5 Å². The highest BCUT2D eigenvalue weighted by Gasteiger charge is 2.48. The Morgan fingerprint density at radius 3 is 2.47 bits per heavy atom. The Morgan fingerprint density at radius 1 is 1.32 bits per heavy atom. The Kier molecular flexibility index (Phi) is 3.34. The van der Waals surface area contributed by atoms with Crippen LogP contribution in [-0.2, 0) is 9.59 Å². The third-order valence-corrected chi connectivity index (χ3v) is 2.84. The van der Waals surface area contributed by atoms with Crippen molar-refractivity contribution in [3.63, 3.8) is 0 Å². The SMILES string of the molecule is Cc1cc(NC(=O)C2CC2C(=O)NC(C)(C)C)no1. The Balaban J connectivity index is 1.85. The minimum atomic E-state index is -0.274. The quantitative estimate of drug-likeness (QED) is 0.866. The molecule has 0 spiro atoms. The molecule has 0 bridgehead atoms. The van der Waals surface area contributed by atoms with Crippen LogP contribution in [0, 0.1) is 18.8 Å². The van der Waals surface area contributed by atoms with Gasteiger partial charge in [0, 0.05) is 11.6 Å². The van der Waals surface area contributed by atoms with Crippen molar-refractivity contribution in [3.8, 4) is 0 Å². The molecule has 0 radical (unpaired) electrons. The highest BCUT2D eigenvalue weighted by Crippen LogP contribution is 2.39. The fourth-order valence-corrected chi connectivity index (χ4v) is 1.88. The van der Waals surface area contributed by atoms with E-state index in [1.807, 2.05) is 20.8 Å². The Morgan fingerprint density at radius 2 is 1.95 bits per heavy atom. The van der Waals surface area contributed by atoms with Gasteiger partial charge >= 0.3 is 0 Å². The molecule has 2 atom stereocenters. The monoisotopic (exact) mass is 265 g/mol. The van der Waals surface area contributed by atoms with E-state index < -0.39 is 0 Å². The van der Waals surface area contributed by atoms with E-state index in [1.165, 1.54) is 0 Å². The maximum Gasteiger partial charge on any atom is 0.229 e. The minimum Gasteiger partial charge on any atom is -0.360 e. The lowest BCUT2D eigenvalue weighted by Crippen LogP contribution is -2.42. The molecule has 2 amide bonds. The molecule has 0 aliphatic heterocycles. The maximum absolute atomic E-state index is 11.9. The van der Waals surface area contributed by atoms with Gasteiger partial charge in [-0.3, -0.25) is 9.59 Å². The lowest BCUT2D eigenvalue weighted by atomic mass is 10.1. The Hall–Kier alpha value is -1.85. The number of carbonyl (C=O) groups is 2. The van der Waals surface area contributed by atoms with E-state index >= 15 is 0 Å². The number of anilines is 1. The van der Waals surface area contributed by atoms with Gasteiger partial charge in [-0.05, 0) is 34.1 Å². The number of amides is 2. The molecular weight excluding hydrogens is 246 g/mol. The average molecular weight is 265 g/mol. The smallest absolute Gasteiger partial charge is 0.229 e. The lowest BCUT2D eigenvalue weighted by Gasteiger charge is -2.20.